The van der Waals surface area contributed by atoms with E-state index in [4.69, 9.17) is 0 Å². The van der Waals surface area contributed by atoms with Crippen molar-refractivity contribution >= 4 is 5.78 Å². The van der Waals surface area contributed by atoms with Crippen LogP contribution < -0.4 is 0 Å². The Labute approximate surface area is 73.5 Å². The molecule has 3 aliphatic rings. The zero-order chi connectivity index (χ0) is 8.13. The topological polar surface area (TPSA) is 17.1 Å². The van der Waals surface area contributed by atoms with Crippen molar-refractivity contribution in [3.8, 4) is 0 Å². The molecule has 2 bridgehead atoms. The highest BCUT2D eigenvalue weighted by atomic mass is 16.1. The van der Waals surface area contributed by atoms with Gasteiger partial charge in [0.15, 0.2) is 0 Å². The lowest BCUT2D eigenvalue weighted by molar-refractivity contribution is -0.125. The molecule has 0 aromatic rings. The molecule has 0 N–H and O–H groups in total. The molecule has 3 atom stereocenters. The zero-order valence-corrected chi connectivity index (χ0v) is 7.46. The lowest BCUT2D eigenvalue weighted by Gasteiger charge is -2.19. The smallest absolute Gasteiger partial charge is 0.139 e. The van der Waals surface area contributed by atoms with E-state index in [0.717, 1.165) is 11.8 Å². The van der Waals surface area contributed by atoms with Gasteiger partial charge in [-0.2, -0.15) is 0 Å². The Balaban J connectivity index is 1.73. The van der Waals surface area contributed by atoms with Gasteiger partial charge >= 0.3 is 0 Å². The molecular formula is C11H16O. The molecule has 0 aromatic heterocycles. The number of fused-ring (bicyclic) bond motifs is 2. The highest BCUT2D eigenvalue weighted by Gasteiger charge is 2.46. The fourth-order valence-electron chi connectivity index (χ4n) is 3.26. The Bertz CT molecular complexity index is 217. The summed E-state index contributed by atoms with van der Waals surface area (Å²) in [5.74, 6) is 3.40. The second-order valence-corrected chi connectivity index (χ2v) is 4.96. The molecular weight excluding hydrogens is 148 g/mol. The van der Waals surface area contributed by atoms with Crippen molar-refractivity contribution in [2.75, 3.05) is 0 Å². The number of hydrogen-bond acceptors (Lipinski definition) is 1. The van der Waals surface area contributed by atoms with Gasteiger partial charge in [0, 0.05) is 11.8 Å². The summed E-state index contributed by atoms with van der Waals surface area (Å²) in [6.07, 6.45) is 7.80. The zero-order valence-electron chi connectivity index (χ0n) is 7.46. The molecule has 0 heterocycles. The molecule has 0 spiro atoms. The first kappa shape index (κ1) is 7.11. The monoisotopic (exact) mass is 164 g/mol. The van der Waals surface area contributed by atoms with Gasteiger partial charge in [-0.1, -0.05) is 6.42 Å². The molecule has 3 aliphatic carbocycles. The number of Topliss-reactive ketones (excluding diaryl/α,β-unsaturated/α-hetero) is 1. The minimum atomic E-state index is 0.509. The van der Waals surface area contributed by atoms with Crippen molar-refractivity contribution < 1.29 is 4.79 Å². The van der Waals surface area contributed by atoms with Gasteiger partial charge in [0.25, 0.3) is 0 Å². The van der Waals surface area contributed by atoms with E-state index >= 15 is 0 Å². The fraction of sp³-hybridized carbons (Fsp3) is 0.909. The Hall–Kier alpha value is -0.330. The number of carbonyl (C=O) groups is 1. The van der Waals surface area contributed by atoms with Crippen LogP contribution in [-0.2, 0) is 4.79 Å². The standard InChI is InChI=1S/C11H16O/c12-11(8-3-4-8)10-6-7-1-2-9(10)5-7/h7-10H,1-6H2/t7-,9-,10+/m1/s1. The van der Waals surface area contributed by atoms with Gasteiger partial charge in [-0.3, -0.25) is 4.79 Å². The van der Waals surface area contributed by atoms with Crippen LogP contribution >= 0.6 is 0 Å². The second-order valence-electron chi connectivity index (χ2n) is 4.96. The molecule has 0 saturated heterocycles. The Morgan fingerprint density at radius 3 is 2.33 bits per heavy atom. The van der Waals surface area contributed by atoms with Crippen LogP contribution in [-0.4, -0.2) is 5.78 Å². The van der Waals surface area contributed by atoms with E-state index in [-0.39, 0.29) is 0 Å². The number of ketones is 1. The van der Waals surface area contributed by atoms with Crippen LogP contribution in [0.4, 0.5) is 0 Å². The number of rotatable bonds is 2. The van der Waals surface area contributed by atoms with Crippen LogP contribution in [0.3, 0.4) is 0 Å². The van der Waals surface area contributed by atoms with Crippen LogP contribution in [0, 0.1) is 23.7 Å². The minimum Gasteiger partial charge on any atom is -0.299 e. The fourth-order valence-corrected chi connectivity index (χ4v) is 3.26. The average Bonchev–Trinajstić information content (AvgIpc) is 2.73. The maximum atomic E-state index is 11.8. The quantitative estimate of drug-likeness (QED) is 0.612. The van der Waals surface area contributed by atoms with E-state index < -0.39 is 0 Å². The number of carbonyl (C=O) groups excluding carboxylic acids is 1. The van der Waals surface area contributed by atoms with Gasteiger partial charge < -0.3 is 0 Å². The lowest BCUT2D eigenvalue weighted by atomic mass is 9.84. The molecule has 3 rings (SSSR count). The molecule has 0 unspecified atom stereocenters. The summed E-state index contributed by atoms with van der Waals surface area (Å²) >= 11 is 0. The Morgan fingerprint density at radius 1 is 1.00 bits per heavy atom. The summed E-state index contributed by atoms with van der Waals surface area (Å²) in [4.78, 5) is 11.8. The van der Waals surface area contributed by atoms with E-state index in [1.807, 2.05) is 0 Å². The van der Waals surface area contributed by atoms with E-state index in [1.54, 1.807) is 0 Å². The first-order valence-electron chi connectivity index (χ1n) is 5.38. The molecule has 1 nitrogen and oxygen atoms in total. The molecule has 1 heteroatoms. The molecule has 0 aromatic carbocycles. The van der Waals surface area contributed by atoms with Crippen molar-refractivity contribution in [3.63, 3.8) is 0 Å². The molecule has 12 heavy (non-hydrogen) atoms. The predicted octanol–water partition coefficient (Wildman–Crippen LogP) is 2.40. The maximum absolute atomic E-state index is 11.8. The third kappa shape index (κ3) is 0.949. The lowest BCUT2D eigenvalue weighted by Crippen LogP contribution is -2.22. The number of hydrogen-bond donors (Lipinski definition) is 0. The van der Waals surface area contributed by atoms with Crippen molar-refractivity contribution in [2.45, 2.75) is 38.5 Å². The van der Waals surface area contributed by atoms with Gasteiger partial charge in [-0.25, -0.2) is 0 Å². The molecule has 0 radical (unpaired) electrons. The highest BCUT2D eigenvalue weighted by Crippen LogP contribution is 2.51. The summed E-state index contributed by atoms with van der Waals surface area (Å²) in [5.41, 5.74) is 0. The minimum absolute atomic E-state index is 0.509. The van der Waals surface area contributed by atoms with Gasteiger partial charge in [0.1, 0.15) is 5.78 Å². The largest absolute Gasteiger partial charge is 0.299 e. The van der Waals surface area contributed by atoms with Crippen molar-refractivity contribution in [1.29, 1.82) is 0 Å². The van der Waals surface area contributed by atoms with Gasteiger partial charge in [0.2, 0.25) is 0 Å². The Kier molecular flexibility index (Phi) is 1.38. The molecule has 3 saturated carbocycles. The normalized spacial score (nSPS) is 45.2. The van der Waals surface area contributed by atoms with Gasteiger partial charge in [-0.15, -0.1) is 0 Å². The summed E-state index contributed by atoms with van der Waals surface area (Å²) in [6.45, 7) is 0. The van der Waals surface area contributed by atoms with Crippen molar-refractivity contribution in [1.82, 2.24) is 0 Å². The SMILES string of the molecule is O=C(C1CC1)[C@H]1C[C@@H]2CC[C@@H]1C2. The van der Waals surface area contributed by atoms with E-state index in [1.165, 1.54) is 38.5 Å². The molecule has 0 aliphatic heterocycles. The van der Waals surface area contributed by atoms with E-state index in [2.05, 4.69) is 0 Å². The van der Waals surface area contributed by atoms with E-state index in [9.17, 15) is 4.79 Å². The summed E-state index contributed by atoms with van der Waals surface area (Å²) in [6, 6.07) is 0. The van der Waals surface area contributed by atoms with Crippen LogP contribution in [0.25, 0.3) is 0 Å². The average molecular weight is 164 g/mol. The van der Waals surface area contributed by atoms with Crippen LogP contribution in [0.1, 0.15) is 38.5 Å². The highest BCUT2D eigenvalue weighted by molar-refractivity contribution is 5.86. The van der Waals surface area contributed by atoms with Crippen molar-refractivity contribution in [3.05, 3.63) is 0 Å². The molecule has 66 valence electrons. The van der Waals surface area contributed by atoms with Crippen LogP contribution in [0.2, 0.25) is 0 Å². The van der Waals surface area contributed by atoms with Crippen LogP contribution in [0.5, 0.6) is 0 Å². The summed E-state index contributed by atoms with van der Waals surface area (Å²) in [5, 5.41) is 0. The van der Waals surface area contributed by atoms with Gasteiger partial charge in [0.05, 0.1) is 0 Å². The first-order valence-corrected chi connectivity index (χ1v) is 5.38. The van der Waals surface area contributed by atoms with Crippen molar-refractivity contribution in [2.24, 2.45) is 23.7 Å². The predicted molar refractivity (Wildman–Crippen MR) is 46.7 cm³/mol. The maximum Gasteiger partial charge on any atom is 0.139 e. The third-order valence-electron chi connectivity index (χ3n) is 4.08. The summed E-state index contributed by atoms with van der Waals surface area (Å²) in [7, 11) is 0. The first-order chi connectivity index (χ1) is 5.84. The van der Waals surface area contributed by atoms with Crippen LogP contribution in [0.15, 0.2) is 0 Å². The Morgan fingerprint density at radius 2 is 1.83 bits per heavy atom. The summed E-state index contributed by atoms with van der Waals surface area (Å²) < 4.78 is 0. The molecule has 3 fully saturated rings. The van der Waals surface area contributed by atoms with Gasteiger partial charge in [-0.05, 0) is 43.9 Å². The molecule has 0 amide bonds. The third-order valence-corrected chi connectivity index (χ3v) is 4.08. The second kappa shape index (κ2) is 2.34. The van der Waals surface area contributed by atoms with E-state index in [0.29, 0.717) is 17.6 Å².